The molecule has 8 nitrogen and oxygen atoms in total. The van der Waals surface area contributed by atoms with E-state index in [1.807, 2.05) is 0 Å². The molecule has 0 saturated carbocycles. The van der Waals surface area contributed by atoms with Crippen molar-refractivity contribution in [3.05, 3.63) is 39.7 Å². The van der Waals surface area contributed by atoms with Gasteiger partial charge in [0.15, 0.2) is 11.5 Å². The summed E-state index contributed by atoms with van der Waals surface area (Å²) in [5.41, 5.74) is 19.2. The van der Waals surface area contributed by atoms with Gasteiger partial charge in [-0.1, -0.05) is 6.07 Å². The van der Waals surface area contributed by atoms with Crippen molar-refractivity contribution in [1.82, 2.24) is 4.68 Å². The Labute approximate surface area is 133 Å². The minimum Gasteiger partial charge on any atom is -0.493 e. The van der Waals surface area contributed by atoms with Crippen molar-refractivity contribution in [3.8, 4) is 22.6 Å². The van der Waals surface area contributed by atoms with Crippen molar-refractivity contribution in [2.75, 3.05) is 25.8 Å². The Hall–Kier alpha value is -2.71. The highest BCUT2D eigenvalue weighted by atomic mass is 16.5. The first-order chi connectivity index (χ1) is 11.0. The van der Waals surface area contributed by atoms with Crippen LogP contribution in [0.25, 0.3) is 11.1 Å². The number of anilines is 1. The SMILES string of the molecule is COc1ccc(-c2c(CN)c(N)n(N)c(=O)c2CN)cc1OC. The van der Waals surface area contributed by atoms with Crippen LogP contribution in [0.15, 0.2) is 23.0 Å². The first-order valence-electron chi connectivity index (χ1n) is 6.93. The Kier molecular flexibility index (Phi) is 4.77. The van der Waals surface area contributed by atoms with Crippen LogP contribution < -0.4 is 38.1 Å². The van der Waals surface area contributed by atoms with Crippen LogP contribution >= 0.6 is 0 Å². The quantitative estimate of drug-likeness (QED) is 0.556. The van der Waals surface area contributed by atoms with Crippen LogP contribution in [0, 0.1) is 0 Å². The lowest BCUT2D eigenvalue weighted by Gasteiger charge is -2.18. The molecule has 0 bridgehead atoms. The van der Waals surface area contributed by atoms with Gasteiger partial charge in [0.25, 0.3) is 5.56 Å². The Balaban J connectivity index is 2.84. The van der Waals surface area contributed by atoms with E-state index < -0.39 is 5.56 Å². The van der Waals surface area contributed by atoms with Crippen molar-refractivity contribution in [2.45, 2.75) is 13.1 Å². The third kappa shape index (κ3) is 2.69. The fourth-order valence-electron chi connectivity index (χ4n) is 2.55. The van der Waals surface area contributed by atoms with E-state index in [-0.39, 0.29) is 18.9 Å². The predicted molar refractivity (Wildman–Crippen MR) is 89.6 cm³/mol. The number of ether oxygens (including phenoxy) is 2. The molecule has 0 aliphatic carbocycles. The summed E-state index contributed by atoms with van der Waals surface area (Å²) in [5, 5.41) is 0. The number of aromatic nitrogens is 1. The number of methoxy groups -OCH3 is 2. The zero-order valence-electron chi connectivity index (χ0n) is 13.1. The van der Waals surface area contributed by atoms with Crippen LogP contribution in [-0.2, 0) is 13.1 Å². The van der Waals surface area contributed by atoms with Gasteiger partial charge in [-0.25, -0.2) is 4.68 Å². The Morgan fingerprint density at radius 1 is 1.04 bits per heavy atom. The van der Waals surface area contributed by atoms with Gasteiger partial charge in [-0.15, -0.1) is 0 Å². The minimum atomic E-state index is -0.452. The number of nitrogen functional groups attached to an aromatic ring is 2. The molecule has 0 saturated heterocycles. The molecule has 0 fully saturated rings. The molecule has 23 heavy (non-hydrogen) atoms. The molecule has 0 amide bonds. The molecular weight excluding hydrogens is 298 g/mol. The van der Waals surface area contributed by atoms with E-state index in [2.05, 4.69) is 0 Å². The number of rotatable bonds is 5. The van der Waals surface area contributed by atoms with E-state index >= 15 is 0 Å². The molecule has 0 aliphatic rings. The van der Waals surface area contributed by atoms with E-state index in [1.165, 1.54) is 7.11 Å². The van der Waals surface area contributed by atoms with Gasteiger partial charge in [-0.2, -0.15) is 0 Å². The maximum Gasteiger partial charge on any atom is 0.275 e. The van der Waals surface area contributed by atoms with E-state index in [1.54, 1.807) is 25.3 Å². The average Bonchev–Trinajstić information content (AvgIpc) is 2.58. The lowest BCUT2D eigenvalue weighted by atomic mass is 9.95. The summed E-state index contributed by atoms with van der Waals surface area (Å²) in [6, 6.07) is 5.26. The Bertz CT molecular complexity index is 786. The Morgan fingerprint density at radius 3 is 2.17 bits per heavy atom. The summed E-state index contributed by atoms with van der Waals surface area (Å²) >= 11 is 0. The van der Waals surface area contributed by atoms with Crippen molar-refractivity contribution in [2.24, 2.45) is 11.5 Å². The second-order valence-corrected chi connectivity index (χ2v) is 4.87. The van der Waals surface area contributed by atoms with Gasteiger partial charge in [-0.3, -0.25) is 4.79 Å². The summed E-state index contributed by atoms with van der Waals surface area (Å²) in [7, 11) is 3.07. The fraction of sp³-hybridized carbons (Fsp3) is 0.267. The van der Waals surface area contributed by atoms with Gasteiger partial charge in [-0.05, 0) is 17.7 Å². The molecule has 0 radical (unpaired) electrons. The van der Waals surface area contributed by atoms with E-state index in [9.17, 15) is 4.79 Å². The lowest BCUT2D eigenvalue weighted by Crippen LogP contribution is -2.35. The monoisotopic (exact) mass is 319 g/mol. The van der Waals surface area contributed by atoms with Crippen LogP contribution in [-0.4, -0.2) is 18.9 Å². The molecule has 0 spiro atoms. The van der Waals surface area contributed by atoms with Gasteiger partial charge in [0.1, 0.15) is 5.82 Å². The smallest absolute Gasteiger partial charge is 0.275 e. The number of nitrogens with zero attached hydrogens (tertiary/aromatic N) is 1. The summed E-state index contributed by atoms with van der Waals surface area (Å²) < 4.78 is 11.4. The van der Waals surface area contributed by atoms with Gasteiger partial charge in [0.05, 0.1) is 14.2 Å². The average molecular weight is 319 g/mol. The number of hydrogen-bond donors (Lipinski definition) is 4. The van der Waals surface area contributed by atoms with E-state index in [0.717, 1.165) is 4.68 Å². The fourth-order valence-corrected chi connectivity index (χ4v) is 2.55. The summed E-state index contributed by atoms with van der Waals surface area (Å²) in [5.74, 6) is 6.91. The molecule has 1 aromatic carbocycles. The van der Waals surface area contributed by atoms with Crippen molar-refractivity contribution in [3.63, 3.8) is 0 Å². The van der Waals surface area contributed by atoms with Crippen molar-refractivity contribution in [1.29, 1.82) is 0 Å². The standard InChI is InChI=1S/C15H21N5O3/c1-22-11-4-3-8(5-12(11)23-2)13-9(6-16)14(18)20(19)15(21)10(13)7-17/h3-5H,6-7,16-19H2,1-2H3. The second kappa shape index (κ2) is 6.59. The Morgan fingerprint density at radius 2 is 1.65 bits per heavy atom. The topological polar surface area (TPSA) is 145 Å². The molecule has 0 aliphatic heterocycles. The molecule has 0 unspecified atom stereocenters. The van der Waals surface area contributed by atoms with Crippen molar-refractivity contribution < 1.29 is 9.47 Å². The van der Waals surface area contributed by atoms with Crippen LogP contribution in [0.3, 0.4) is 0 Å². The minimum absolute atomic E-state index is 0.00694. The predicted octanol–water partition coefficient (Wildman–Crippen LogP) is -0.254. The highest BCUT2D eigenvalue weighted by molar-refractivity contribution is 5.76. The molecule has 2 aromatic rings. The first kappa shape index (κ1) is 16.7. The van der Waals surface area contributed by atoms with Crippen molar-refractivity contribution >= 4 is 5.82 Å². The number of pyridine rings is 1. The molecule has 0 atom stereocenters. The molecular formula is C15H21N5O3. The zero-order valence-corrected chi connectivity index (χ0v) is 13.1. The lowest BCUT2D eigenvalue weighted by molar-refractivity contribution is 0.355. The third-order valence-electron chi connectivity index (χ3n) is 3.73. The normalized spacial score (nSPS) is 10.6. The van der Waals surface area contributed by atoms with E-state index in [4.69, 9.17) is 32.5 Å². The van der Waals surface area contributed by atoms with Gasteiger partial charge >= 0.3 is 0 Å². The largest absolute Gasteiger partial charge is 0.493 e. The molecule has 1 heterocycles. The second-order valence-electron chi connectivity index (χ2n) is 4.87. The molecule has 8 heteroatoms. The number of hydrogen-bond acceptors (Lipinski definition) is 7. The van der Waals surface area contributed by atoms with Gasteiger partial charge in [0, 0.05) is 29.8 Å². The number of nitrogens with two attached hydrogens (primary N) is 4. The molecule has 2 rings (SSSR count). The number of benzene rings is 1. The van der Waals surface area contributed by atoms with Crippen LogP contribution in [0.4, 0.5) is 5.82 Å². The van der Waals surface area contributed by atoms with Gasteiger partial charge in [0.2, 0.25) is 0 Å². The van der Waals surface area contributed by atoms with Crippen LogP contribution in [0.5, 0.6) is 11.5 Å². The van der Waals surface area contributed by atoms with Crippen LogP contribution in [0.1, 0.15) is 11.1 Å². The van der Waals surface area contributed by atoms with E-state index in [0.29, 0.717) is 33.8 Å². The summed E-state index contributed by atoms with van der Waals surface area (Å²) in [6.07, 6.45) is 0. The summed E-state index contributed by atoms with van der Waals surface area (Å²) in [6.45, 7) is 0.118. The van der Waals surface area contributed by atoms with Gasteiger partial charge < -0.3 is 32.5 Å². The first-order valence-corrected chi connectivity index (χ1v) is 6.93. The third-order valence-corrected chi connectivity index (χ3v) is 3.73. The maximum absolute atomic E-state index is 12.3. The molecule has 8 N–H and O–H groups in total. The summed E-state index contributed by atoms with van der Waals surface area (Å²) in [4.78, 5) is 12.3. The maximum atomic E-state index is 12.3. The highest BCUT2D eigenvalue weighted by Crippen LogP contribution is 2.35. The molecule has 1 aromatic heterocycles. The zero-order chi connectivity index (χ0) is 17.1. The highest BCUT2D eigenvalue weighted by Gasteiger charge is 2.20. The molecule has 124 valence electrons. The van der Waals surface area contributed by atoms with Crippen LogP contribution in [0.2, 0.25) is 0 Å².